The van der Waals surface area contributed by atoms with Crippen LogP contribution in [-0.2, 0) is 11.3 Å². The van der Waals surface area contributed by atoms with E-state index >= 15 is 0 Å². The van der Waals surface area contributed by atoms with Crippen LogP contribution in [0.3, 0.4) is 0 Å². The first-order valence-corrected chi connectivity index (χ1v) is 9.57. The van der Waals surface area contributed by atoms with Gasteiger partial charge in [0.2, 0.25) is 0 Å². The third kappa shape index (κ3) is 4.61. The van der Waals surface area contributed by atoms with Crippen molar-refractivity contribution in [2.45, 2.75) is 39.2 Å². The number of imidazole rings is 1. The van der Waals surface area contributed by atoms with Crippen LogP contribution in [0.4, 0.5) is 0 Å². The number of carbonyl (C=O) groups is 1. The Balaban J connectivity index is 2.00. The molecular formula is C21H23ClN2O3. The number of hydrogen-bond acceptors (Lipinski definition) is 3. The van der Waals surface area contributed by atoms with Crippen molar-refractivity contribution < 1.29 is 14.6 Å². The van der Waals surface area contributed by atoms with E-state index < -0.39 is 5.97 Å². The summed E-state index contributed by atoms with van der Waals surface area (Å²) < 4.78 is 7.68. The molecule has 1 aromatic heterocycles. The minimum absolute atomic E-state index is 0.182. The lowest BCUT2D eigenvalue weighted by Crippen LogP contribution is -2.10. The molecule has 0 saturated heterocycles. The summed E-state index contributed by atoms with van der Waals surface area (Å²) in [6.45, 7) is 2.59. The van der Waals surface area contributed by atoms with Crippen molar-refractivity contribution in [1.29, 1.82) is 0 Å². The molecule has 0 spiro atoms. The van der Waals surface area contributed by atoms with Gasteiger partial charge in [-0.15, -0.1) is 0 Å². The highest BCUT2D eigenvalue weighted by Crippen LogP contribution is 2.34. The van der Waals surface area contributed by atoms with Gasteiger partial charge in [0, 0.05) is 5.02 Å². The number of para-hydroxylation sites is 2. The smallest absolute Gasteiger partial charge is 0.323 e. The molecule has 3 rings (SSSR count). The molecule has 0 atom stereocenters. The highest BCUT2D eigenvalue weighted by molar-refractivity contribution is 6.31. The molecule has 0 aliphatic heterocycles. The molecular weight excluding hydrogens is 364 g/mol. The number of aliphatic carboxylic acids is 1. The zero-order chi connectivity index (χ0) is 19.2. The molecule has 27 heavy (non-hydrogen) atoms. The fourth-order valence-corrected chi connectivity index (χ4v) is 3.26. The summed E-state index contributed by atoms with van der Waals surface area (Å²) in [6.07, 6.45) is 4.45. The van der Waals surface area contributed by atoms with Crippen LogP contribution in [0, 0.1) is 0 Å². The van der Waals surface area contributed by atoms with Gasteiger partial charge in [0.1, 0.15) is 18.1 Å². The SMILES string of the molecule is CCCCCCOc1ccc(Cl)cc1-c1nc2ccccc2n1CC(=O)O. The molecule has 6 heteroatoms. The average Bonchev–Trinajstić information content (AvgIpc) is 3.00. The van der Waals surface area contributed by atoms with Crippen molar-refractivity contribution in [3.63, 3.8) is 0 Å². The summed E-state index contributed by atoms with van der Waals surface area (Å²) in [7, 11) is 0. The van der Waals surface area contributed by atoms with E-state index in [-0.39, 0.29) is 6.54 Å². The van der Waals surface area contributed by atoms with Gasteiger partial charge in [-0.05, 0) is 36.8 Å². The van der Waals surface area contributed by atoms with Crippen LogP contribution in [0.2, 0.25) is 5.02 Å². The first-order valence-electron chi connectivity index (χ1n) is 9.20. The minimum Gasteiger partial charge on any atom is -0.493 e. The van der Waals surface area contributed by atoms with Crippen molar-refractivity contribution in [1.82, 2.24) is 9.55 Å². The Bertz CT molecular complexity index is 936. The summed E-state index contributed by atoms with van der Waals surface area (Å²) in [4.78, 5) is 16.1. The summed E-state index contributed by atoms with van der Waals surface area (Å²) in [5.74, 6) is 0.283. The Kier molecular flexibility index (Phi) is 6.35. The predicted molar refractivity (Wildman–Crippen MR) is 107 cm³/mol. The molecule has 5 nitrogen and oxygen atoms in total. The monoisotopic (exact) mass is 386 g/mol. The lowest BCUT2D eigenvalue weighted by molar-refractivity contribution is -0.137. The number of halogens is 1. The van der Waals surface area contributed by atoms with Gasteiger partial charge in [0.05, 0.1) is 23.2 Å². The van der Waals surface area contributed by atoms with Crippen molar-refractivity contribution >= 4 is 28.6 Å². The number of carboxylic acid groups (broad SMARTS) is 1. The van der Waals surface area contributed by atoms with Crippen LogP contribution in [0.1, 0.15) is 32.6 Å². The number of rotatable bonds is 9. The average molecular weight is 387 g/mol. The Morgan fingerprint density at radius 2 is 2.00 bits per heavy atom. The van der Waals surface area contributed by atoms with E-state index in [0.29, 0.717) is 28.8 Å². The van der Waals surface area contributed by atoms with E-state index in [2.05, 4.69) is 11.9 Å². The number of ether oxygens (including phenoxy) is 1. The van der Waals surface area contributed by atoms with Crippen molar-refractivity contribution in [3.05, 3.63) is 47.5 Å². The first kappa shape index (κ1) is 19.2. The van der Waals surface area contributed by atoms with Crippen LogP contribution in [-0.4, -0.2) is 27.2 Å². The van der Waals surface area contributed by atoms with Crippen molar-refractivity contribution in [3.8, 4) is 17.1 Å². The zero-order valence-electron chi connectivity index (χ0n) is 15.3. The normalized spacial score (nSPS) is 11.0. The van der Waals surface area contributed by atoms with Gasteiger partial charge < -0.3 is 14.4 Å². The maximum Gasteiger partial charge on any atom is 0.323 e. The predicted octanol–water partition coefficient (Wildman–Crippen LogP) is 5.40. The molecule has 2 aromatic carbocycles. The van der Waals surface area contributed by atoms with Crippen molar-refractivity contribution in [2.75, 3.05) is 6.61 Å². The highest BCUT2D eigenvalue weighted by Gasteiger charge is 2.18. The molecule has 0 aliphatic rings. The standard InChI is InChI=1S/C21H23ClN2O3/c1-2-3-4-7-12-27-19-11-10-15(22)13-16(19)21-23-17-8-5-6-9-18(17)24(21)14-20(25)26/h5-6,8-11,13H,2-4,7,12,14H2,1H3,(H,25,26). The molecule has 0 fully saturated rings. The maximum atomic E-state index is 11.4. The zero-order valence-corrected chi connectivity index (χ0v) is 16.1. The third-order valence-electron chi connectivity index (χ3n) is 4.39. The Labute approximate surface area is 163 Å². The van der Waals surface area contributed by atoms with Crippen LogP contribution in [0.25, 0.3) is 22.4 Å². The molecule has 142 valence electrons. The maximum absolute atomic E-state index is 11.4. The number of aromatic nitrogens is 2. The van der Waals surface area contributed by atoms with E-state index in [9.17, 15) is 9.90 Å². The topological polar surface area (TPSA) is 64.4 Å². The molecule has 0 saturated carbocycles. The summed E-state index contributed by atoms with van der Waals surface area (Å²) >= 11 is 6.22. The van der Waals surface area contributed by atoms with E-state index in [1.807, 2.05) is 30.3 Å². The molecule has 0 unspecified atom stereocenters. The lowest BCUT2D eigenvalue weighted by Gasteiger charge is -2.13. The molecule has 0 amide bonds. The third-order valence-corrected chi connectivity index (χ3v) is 4.62. The van der Waals surface area contributed by atoms with Gasteiger partial charge >= 0.3 is 5.97 Å². The van der Waals surface area contributed by atoms with Crippen LogP contribution >= 0.6 is 11.6 Å². The van der Waals surface area contributed by atoms with Gasteiger partial charge in [0.15, 0.2) is 0 Å². The van der Waals surface area contributed by atoms with Crippen LogP contribution < -0.4 is 4.74 Å². The van der Waals surface area contributed by atoms with E-state index in [4.69, 9.17) is 16.3 Å². The van der Waals surface area contributed by atoms with Crippen LogP contribution in [0.5, 0.6) is 5.75 Å². The Hall–Kier alpha value is -2.53. The fraction of sp³-hybridized carbons (Fsp3) is 0.333. The number of carboxylic acids is 1. The summed E-state index contributed by atoms with van der Waals surface area (Å²) in [6, 6.07) is 12.9. The van der Waals surface area contributed by atoms with E-state index in [1.54, 1.807) is 16.7 Å². The summed E-state index contributed by atoms with van der Waals surface area (Å²) in [5.41, 5.74) is 2.21. The second-order valence-corrected chi connectivity index (χ2v) is 6.89. The van der Waals surface area contributed by atoms with E-state index in [1.165, 1.54) is 12.8 Å². The first-order chi connectivity index (χ1) is 13.1. The molecule has 0 radical (unpaired) electrons. The number of hydrogen-bond donors (Lipinski definition) is 1. The van der Waals surface area contributed by atoms with Crippen LogP contribution in [0.15, 0.2) is 42.5 Å². The van der Waals surface area contributed by atoms with Gasteiger partial charge in [-0.1, -0.05) is 49.9 Å². The largest absolute Gasteiger partial charge is 0.493 e. The number of fused-ring (bicyclic) bond motifs is 1. The highest BCUT2D eigenvalue weighted by atomic mass is 35.5. The Morgan fingerprint density at radius 1 is 1.19 bits per heavy atom. The number of nitrogens with zero attached hydrogens (tertiary/aromatic N) is 2. The van der Waals surface area contributed by atoms with Gasteiger partial charge in [-0.3, -0.25) is 4.79 Å². The Morgan fingerprint density at radius 3 is 2.78 bits per heavy atom. The quantitative estimate of drug-likeness (QED) is 0.500. The molecule has 0 aliphatic carbocycles. The number of unbranched alkanes of at least 4 members (excludes halogenated alkanes) is 3. The van der Waals surface area contributed by atoms with Crippen molar-refractivity contribution in [2.24, 2.45) is 0 Å². The molecule has 0 bridgehead atoms. The van der Waals surface area contributed by atoms with Gasteiger partial charge in [-0.2, -0.15) is 0 Å². The second-order valence-electron chi connectivity index (χ2n) is 6.45. The lowest BCUT2D eigenvalue weighted by atomic mass is 10.1. The molecule has 1 N–H and O–H groups in total. The minimum atomic E-state index is -0.927. The summed E-state index contributed by atoms with van der Waals surface area (Å²) in [5, 5.41) is 9.91. The van der Waals surface area contributed by atoms with Gasteiger partial charge in [-0.25, -0.2) is 4.98 Å². The fourth-order valence-electron chi connectivity index (χ4n) is 3.09. The molecule has 3 aromatic rings. The van der Waals surface area contributed by atoms with Gasteiger partial charge in [0.25, 0.3) is 0 Å². The van der Waals surface area contributed by atoms with E-state index in [0.717, 1.165) is 23.9 Å². The number of benzene rings is 2. The second kappa shape index (κ2) is 8.91. The molecule has 1 heterocycles.